The predicted molar refractivity (Wildman–Crippen MR) is 47.0 cm³/mol. The highest BCUT2D eigenvalue weighted by molar-refractivity contribution is 7.91. The van der Waals surface area contributed by atoms with Crippen molar-refractivity contribution in [3.8, 4) is 0 Å². The molecule has 0 radical (unpaired) electrons. The molecule has 1 aliphatic heterocycles. The maximum Gasteiger partial charge on any atom is 0.447 e. The molecule has 14 heavy (non-hydrogen) atoms. The van der Waals surface area contributed by atoms with Crippen LogP contribution in [0.4, 0.5) is 9.32 Å². The Balaban J connectivity index is 2.51. The summed E-state index contributed by atoms with van der Waals surface area (Å²) in [6.45, 7) is 0.445. The zero-order chi connectivity index (χ0) is 10.8. The van der Waals surface area contributed by atoms with E-state index in [4.69, 9.17) is 0 Å². The minimum atomic E-state index is -3.05. The molecule has 0 aliphatic carbocycles. The van der Waals surface area contributed by atoms with Gasteiger partial charge < -0.3 is 4.90 Å². The summed E-state index contributed by atoms with van der Waals surface area (Å²) >= 11 is 0. The fraction of sp³-hybridized carbons (Fsp3) is 0.857. The zero-order valence-corrected chi connectivity index (χ0v) is 8.59. The maximum absolute atomic E-state index is 11.5. The Hall–Kier alpha value is -0.850. The molecule has 1 amide bonds. The molecule has 0 spiro atoms. The number of halogens is 1. The number of hydrogen-bond acceptors (Lipinski definition) is 4. The van der Waals surface area contributed by atoms with Crippen molar-refractivity contribution in [2.24, 2.45) is 0 Å². The van der Waals surface area contributed by atoms with Crippen molar-refractivity contribution in [3.63, 3.8) is 0 Å². The zero-order valence-electron chi connectivity index (χ0n) is 7.77. The summed E-state index contributed by atoms with van der Waals surface area (Å²) in [4.78, 5) is 14.9. The molecule has 0 unspecified atom stereocenters. The average molecular weight is 225 g/mol. The van der Waals surface area contributed by atoms with Crippen LogP contribution >= 0.6 is 0 Å². The fourth-order valence-electron chi connectivity index (χ4n) is 1.52. The van der Waals surface area contributed by atoms with E-state index in [1.54, 1.807) is 0 Å². The summed E-state index contributed by atoms with van der Waals surface area (Å²) in [5.74, 6) is 0. The first-order valence-electron chi connectivity index (χ1n) is 4.21. The van der Waals surface area contributed by atoms with Crippen LogP contribution in [0.5, 0.6) is 0 Å². The number of likely N-dealkylation sites (tertiary alicyclic amines) is 1. The average Bonchev–Trinajstić information content (AvgIpc) is 2.15. The second-order valence-electron chi connectivity index (χ2n) is 3.36. The van der Waals surface area contributed by atoms with E-state index in [2.05, 4.69) is 4.94 Å². The highest BCUT2D eigenvalue weighted by Gasteiger charge is 2.29. The molecule has 0 atom stereocenters. The quantitative estimate of drug-likeness (QED) is 0.652. The van der Waals surface area contributed by atoms with Gasteiger partial charge in [0.1, 0.15) is 9.84 Å². The van der Waals surface area contributed by atoms with Gasteiger partial charge in [-0.1, -0.05) is 0 Å². The van der Waals surface area contributed by atoms with Gasteiger partial charge in [-0.05, 0) is 12.8 Å². The van der Waals surface area contributed by atoms with Crippen LogP contribution in [0.25, 0.3) is 0 Å². The van der Waals surface area contributed by atoms with Crippen molar-refractivity contribution < 1.29 is 22.7 Å². The molecule has 1 rings (SSSR count). The molecule has 0 aromatic carbocycles. The summed E-state index contributed by atoms with van der Waals surface area (Å²) in [6.07, 6.45) is 0.805. The molecular weight excluding hydrogens is 213 g/mol. The number of rotatable bonds is 1. The minimum absolute atomic E-state index is 0.223. The third-order valence-electron chi connectivity index (χ3n) is 2.37. The fourth-order valence-corrected chi connectivity index (χ4v) is 2.58. The van der Waals surface area contributed by atoms with Crippen molar-refractivity contribution in [2.75, 3.05) is 19.3 Å². The van der Waals surface area contributed by atoms with E-state index < -0.39 is 21.2 Å². The molecular formula is C7H12FNO4S. The van der Waals surface area contributed by atoms with Gasteiger partial charge in [0.15, 0.2) is 0 Å². The van der Waals surface area contributed by atoms with Gasteiger partial charge in [-0.15, -0.1) is 0 Å². The van der Waals surface area contributed by atoms with Crippen molar-refractivity contribution in [1.82, 2.24) is 4.90 Å². The molecule has 1 heterocycles. The molecule has 82 valence electrons. The second-order valence-corrected chi connectivity index (χ2v) is 5.68. The Bertz CT molecular complexity index is 308. The number of nitrogens with zero attached hydrogens (tertiary/aromatic N) is 1. The second kappa shape index (κ2) is 4.12. The first kappa shape index (κ1) is 11.2. The molecule has 0 aromatic rings. The molecule has 1 fully saturated rings. The van der Waals surface area contributed by atoms with E-state index in [0.29, 0.717) is 12.8 Å². The molecule has 0 N–H and O–H groups in total. The van der Waals surface area contributed by atoms with E-state index in [1.807, 2.05) is 0 Å². The molecule has 1 saturated heterocycles. The predicted octanol–water partition coefficient (Wildman–Crippen LogP) is 0.517. The minimum Gasteiger partial charge on any atom is -0.306 e. The van der Waals surface area contributed by atoms with E-state index in [9.17, 15) is 17.7 Å². The van der Waals surface area contributed by atoms with E-state index in [-0.39, 0.29) is 13.1 Å². The highest BCUT2D eigenvalue weighted by atomic mass is 32.2. The van der Waals surface area contributed by atoms with Crippen LogP contribution in [0, 0.1) is 0 Å². The largest absolute Gasteiger partial charge is 0.447 e. The summed E-state index contributed by atoms with van der Waals surface area (Å²) in [6, 6.07) is 0. The smallest absolute Gasteiger partial charge is 0.306 e. The van der Waals surface area contributed by atoms with Crippen molar-refractivity contribution >= 4 is 15.9 Å². The van der Waals surface area contributed by atoms with Gasteiger partial charge >= 0.3 is 6.09 Å². The first-order chi connectivity index (χ1) is 6.45. The van der Waals surface area contributed by atoms with Crippen molar-refractivity contribution in [1.29, 1.82) is 0 Å². The number of carbonyl (C=O) groups excluding carboxylic acids is 1. The van der Waals surface area contributed by atoms with Crippen molar-refractivity contribution in [2.45, 2.75) is 18.1 Å². The van der Waals surface area contributed by atoms with Crippen LogP contribution in [0.3, 0.4) is 0 Å². The Morgan fingerprint density at radius 3 is 2.29 bits per heavy atom. The SMILES string of the molecule is CS(=O)(=O)C1CCN(C(=O)OF)CC1. The Morgan fingerprint density at radius 1 is 1.43 bits per heavy atom. The van der Waals surface area contributed by atoms with E-state index >= 15 is 0 Å². The third-order valence-corrected chi connectivity index (χ3v) is 4.05. The summed E-state index contributed by atoms with van der Waals surface area (Å²) in [5, 5.41) is -0.425. The Morgan fingerprint density at radius 2 is 1.93 bits per heavy atom. The lowest BCUT2D eigenvalue weighted by atomic mass is 10.1. The van der Waals surface area contributed by atoms with Gasteiger partial charge in [-0.2, -0.15) is 0 Å². The lowest BCUT2D eigenvalue weighted by molar-refractivity contribution is -0.0810. The van der Waals surface area contributed by atoms with Gasteiger partial charge in [0.25, 0.3) is 0 Å². The number of piperidine rings is 1. The highest BCUT2D eigenvalue weighted by Crippen LogP contribution is 2.17. The lowest BCUT2D eigenvalue weighted by Gasteiger charge is -2.28. The molecule has 0 aromatic heterocycles. The van der Waals surface area contributed by atoms with E-state index in [0.717, 1.165) is 4.90 Å². The third kappa shape index (κ3) is 2.57. The Kier molecular flexibility index (Phi) is 3.30. The molecule has 7 heteroatoms. The number of amides is 1. The summed E-state index contributed by atoms with van der Waals surface area (Å²) in [5.41, 5.74) is 0. The first-order valence-corrected chi connectivity index (χ1v) is 6.17. The Labute approximate surface area is 81.6 Å². The topological polar surface area (TPSA) is 63.7 Å². The van der Waals surface area contributed by atoms with Crippen molar-refractivity contribution in [3.05, 3.63) is 0 Å². The molecule has 0 bridgehead atoms. The maximum atomic E-state index is 11.5. The lowest BCUT2D eigenvalue weighted by Crippen LogP contribution is -2.41. The van der Waals surface area contributed by atoms with Gasteiger partial charge in [0, 0.05) is 23.9 Å². The monoisotopic (exact) mass is 225 g/mol. The molecule has 0 saturated carbocycles. The summed E-state index contributed by atoms with van der Waals surface area (Å²) < 4.78 is 33.7. The van der Waals surface area contributed by atoms with Crippen LogP contribution in [0.15, 0.2) is 0 Å². The molecule has 5 nitrogen and oxygen atoms in total. The number of sulfone groups is 1. The van der Waals surface area contributed by atoms with Crippen LogP contribution in [0.1, 0.15) is 12.8 Å². The normalized spacial score (nSPS) is 19.4. The van der Waals surface area contributed by atoms with Gasteiger partial charge in [0.05, 0.1) is 5.25 Å². The van der Waals surface area contributed by atoms with Crippen LogP contribution < -0.4 is 0 Å². The van der Waals surface area contributed by atoms with Crippen LogP contribution in [0.2, 0.25) is 0 Å². The standard InChI is InChI=1S/C7H12FNO4S/c1-14(11,12)6-2-4-9(5-3-6)7(10)13-8/h6H,2-5H2,1H3. The molecule has 1 aliphatic rings. The van der Waals surface area contributed by atoms with Gasteiger partial charge in [-0.3, -0.25) is 0 Å². The van der Waals surface area contributed by atoms with Gasteiger partial charge in [-0.25, -0.2) is 18.2 Å². The van der Waals surface area contributed by atoms with E-state index in [1.165, 1.54) is 6.26 Å². The van der Waals surface area contributed by atoms with Crippen LogP contribution in [-0.2, 0) is 14.8 Å². The van der Waals surface area contributed by atoms with Gasteiger partial charge in [0.2, 0.25) is 0 Å². The number of carbonyl (C=O) groups is 1. The van der Waals surface area contributed by atoms with Crippen LogP contribution in [-0.4, -0.2) is 44.0 Å². The number of hydrogen-bond donors (Lipinski definition) is 0. The summed E-state index contributed by atoms with van der Waals surface area (Å²) in [7, 11) is -3.05.